The monoisotopic (exact) mass is 384 g/mol. The fraction of sp³-hybridized carbons (Fsp3) is 0.579. The van der Waals surface area contributed by atoms with E-state index in [-0.39, 0.29) is 17.9 Å². The van der Waals surface area contributed by atoms with Gasteiger partial charge in [-0.2, -0.15) is 0 Å². The number of carbonyl (C=O) groups is 2. The van der Waals surface area contributed by atoms with E-state index in [1.165, 1.54) is 0 Å². The van der Waals surface area contributed by atoms with Crippen LogP contribution >= 0.6 is 23.2 Å². The minimum atomic E-state index is -0.486. The molecule has 1 aromatic rings. The van der Waals surface area contributed by atoms with Crippen molar-refractivity contribution in [1.82, 2.24) is 10.2 Å². The number of nitrogens with zero attached hydrogens (tertiary/aromatic N) is 1. The molecule has 0 radical (unpaired) electrons. The first-order valence-corrected chi connectivity index (χ1v) is 9.75. The maximum atomic E-state index is 12.8. The maximum absolute atomic E-state index is 12.8. The van der Waals surface area contributed by atoms with Crippen molar-refractivity contribution in [1.29, 1.82) is 0 Å². The largest absolute Gasteiger partial charge is 0.352 e. The number of hydrogen-bond donors (Lipinski definition) is 1. The number of halogens is 2. The van der Waals surface area contributed by atoms with Crippen molar-refractivity contribution in [3.05, 3.63) is 33.8 Å². The lowest BCUT2D eigenvalue weighted by Crippen LogP contribution is -2.50. The van der Waals surface area contributed by atoms with Crippen LogP contribution in [0, 0.1) is 0 Å². The molecule has 4 nitrogen and oxygen atoms in total. The Morgan fingerprint density at radius 2 is 1.92 bits per heavy atom. The van der Waals surface area contributed by atoms with Gasteiger partial charge < -0.3 is 10.2 Å². The smallest absolute Gasteiger partial charge is 0.243 e. The molecule has 1 atom stereocenters. The van der Waals surface area contributed by atoms with E-state index in [0.717, 1.165) is 31.2 Å². The summed E-state index contributed by atoms with van der Waals surface area (Å²) in [5.74, 6) is -0.124. The van der Waals surface area contributed by atoms with Crippen LogP contribution in [0.4, 0.5) is 0 Å². The summed E-state index contributed by atoms with van der Waals surface area (Å²) in [5.41, 5.74) is 0.792. The SMILES string of the molecule is CCC(=O)N(Cc1ccc(Cl)cc1Cl)[C@H](CC)C(=O)NC1CCCC1. The first-order valence-electron chi connectivity index (χ1n) is 9.00. The normalized spacial score (nSPS) is 15.8. The zero-order valence-corrected chi connectivity index (χ0v) is 16.4. The van der Waals surface area contributed by atoms with Crippen LogP contribution in [0.5, 0.6) is 0 Å². The van der Waals surface area contributed by atoms with Crippen molar-refractivity contribution in [2.45, 2.75) is 71.0 Å². The molecule has 0 saturated heterocycles. The summed E-state index contributed by atoms with van der Waals surface area (Å²) in [6, 6.07) is 4.96. The van der Waals surface area contributed by atoms with E-state index in [9.17, 15) is 9.59 Å². The summed E-state index contributed by atoms with van der Waals surface area (Å²) in [5, 5.41) is 4.17. The number of amides is 2. The molecule has 25 heavy (non-hydrogen) atoms. The summed E-state index contributed by atoms with van der Waals surface area (Å²) in [4.78, 5) is 26.9. The second-order valence-electron chi connectivity index (χ2n) is 6.52. The van der Waals surface area contributed by atoms with E-state index >= 15 is 0 Å². The van der Waals surface area contributed by atoms with E-state index < -0.39 is 6.04 Å². The van der Waals surface area contributed by atoms with E-state index in [2.05, 4.69) is 5.32 Å². The Labute approximate surface area is 159 Å². The van der Waals surface area contributed by atoms with Gasteiger partial charge in [0.25, 0.3) is 0 Å². The first kappa shape index (κ1) is 20.1. The van der Waals surface area contributed by atoms with Gasteiger partial charge in [0, 0.05) is 29.1 Å². The standard InChI is InChI=1S/C19H26Cl2N2O2/c1-3-17(19(25)22-15-7-5-6-8-15)23(18(24)4-2)12-13-9-10-14(20)11-16(13)21/h9-11,15,17H,3-8,12H2,1-2H3,(H,22,25)/t17-/m1/s1. The summed E-state index contributed by atoms with van der Waals surface area (Å²) in [7, 11) is 0. The molecular formula is C19H26Cl2N2O2. The number of rotatable bonds is 7. The van der Waals surface area contributed by atoms with Crippen LogP contribution in [-0.4, -0.2) is 28.8 Å². The molecule has 6 heteroatoms. The van der Waals surface area contributed by atoms with Crippen LogP contribution in [0.15, 0.2) is 18.2 Å². The second-order valence-corrected chi connectivity index (χ2v) is 7.37. The van der Waals surface area contributed by atoms with Crippen molar-refractivity contribution in [2.75, 3.05) is 0 Å². The van der Waals surface area contributed by atoms with Gasteiger partial charge in [0.05, 0.1) is 0 Å². The maximum Gasteiger partial charge on any atom is 0.243 e. The van der Waals surface area contributed by atoms with Crippen molar-refractivity contribution in [3.63, 3.8) is 0 Å². The highest BCUT2D eigenvalue weighted by Gasteiger charge is 2.30. The number of hydrogen-bond acceptors (Lipinski definition) is 2. The van der Waals surface area contributed by atoms with E-state index in [0.29, 0.717) is 29.4 Å². The molecule has 2 amide bonds. The highest BCUT2D eigenvalue weighted by Crippen LogP contribution is 2.24. The highest BCUT2D eigenvalue weighted by molar-refractivity contribution is 6.35. The van der Waals surface area contributed by atoms with Crippen molar-refractivity contribution in [2.24, 2.45) is 0 Å². The summed E-state index contributed by atoms with van der Waals surface area (Å²) in [6.45, 7) is 4.04. The fourth-order valence-corrected chi connectivity index (χ4v) is 3.79. The minimum absolute atomic E-state index is 0.0561. The van der Waals surface area contributed by atoms with Gasteiger partial charge in [0.1, 0.15) is 6.04 Å². The highest BCUT2D eigenvalue weighted by atomic mass is 35.5. The molecule has 0 bridgehead atoms. The Bertz CT molecular complexity index is 615. The number of nitrogens with one attached hydrogen (secondary N) is 1. The predicted molar refractivity (Wildman–Crippen MR) is 102 cm³/mol. The molecule has 1 N–H and O–H groups in total. The molecule has 1 fully saturated rings. The summed E-state index contributed by atoms with van der Waals surface area (Å²) >= 11 is 12.2. The second kappa shape index (κ2) is 9.44. The average molecular weight is 385 g/mol. The third-order valence-corrected chi connectivity index (χ3v) is 5.33. The van der Waals surface area contributed by atoms with E-state index in [1.54, 1.807) is 24.0 Å². The van der Waals surface area contributed by atoms with Crippen molar-refractivity contribution >= 4 is 35.0 Å². The Balaban J connectivity index is 2.17. The van der Waals surface area contributed by atoms with E-state index in [4.69, 9.17) is 23.2 Å². The third-order valence-electron chi connectivity index (χ3n) is 4.75. The Morgan fingerprint density at radius 1 is 1.24 bits per heavy atom. The van der Waals surface area contributed by atoms with Gasteiger partial charge in [-0.1, -0.05) is 56.0 Å². The van der Waals surface area contributed by atoms with Crippen molar-refractivity contribution < 1.29 is 9.59 Å². The molecule has 2 rings (SSSR count). The zero-order chi connectivity index (χ0) is 18.4. The third kappa shape index (κ3) is 5.35. The lowest BCUT2D eigenvalue weighted by Gasteiger charge is -2.31. The molecule has 0 unspecified atom stereocenters. The average Bonchev–Trinajstić information content (AvgIpc) is 3.08. The topological polar surface area (TPSA) is 49.4 Å². The van der Waals surface area contributed by atoms with Gasteiger partial charge >= 0.3 is 0 Å². The van der Waals surface area contributed by atoms with Gasteiger partial charge in [-0.25, -0.2) is 0 Å². The molecule has 1 aliphatic carbocycles. The van der Waals surface area contributed by atoms with E-state index in [1.807, 2.05) is 13.0 Å². The molecule has 0 aromatic heterocycles. The molecule has 1 saturated carbocycles. The van der Waals surface area contributed by atoms with Crippen LogP contribution in [-0.2, 0) is 16.1 Å². The number of carbonyl (C=O) groups excluding carboxylic acids is 2. The Hall–Kier alpha value is -1.26. The predicted octanol–water partition coefficient (Wildman–Crippen LogP) is 4.57. The van der Waals surface area contributed by atoms with Gasteiger partial charge in [0.2, 0.25) is 11.8 Å². The van der Waals surface area contributed by atoms with Gasteiger partial charge in [-0.05, 0) is 37.0 Å². The van der Waals surface area contributed by atoms with Gasteiger partial charge in [-0.15, -0.1) is 0 Å². The van der Waals surface area contributed by atoms with Gasteiger partial charge in [0.15, 0.2) is 0 Å². The Morgan fingerprint density at radius 3 is 2.48 bits per heavy atom. The lowest BCUT2D eigenvalue weighted by atomic mass is 10.1. The van der Waals surface area contributed by atoms with Crippen LogP contribution in [0.2, 0.25) is 10.0 Å². The quantitative estimate of drug-likeness (QED) is 0.748. The fourth-order valence-electron chi connectivity index (χ4n) is 3.32. The van der Waals surface area contributed by atoms with Crippen LogP contribution in [0.3, 0.4) is 0 Å². The molecule has 0 spiro atoms. The molecule has 1 aromatic carbocycles. The van der Waals surface area contributed by atoms with Crippen LogP contribution in [0.25, 0.3) is 0 Å². The van der Waals surface area contributed by atoms with Crippen molar-refractivity contribution in [3.8, 4) is 0 Å². The molecule has 138 valence electrons. The molecule has 0 aliphatic heterocycles. The Kier molecular flexibility index (Phi) is 7.57. The van der Waals surface area contributed by atoms with Gasteiger partial charge in [-0.3, -0.25) is 9.59 Å². The summed E-state index contributed by atoms with van der Waals surface area (Å²) in [6.07, 6.45) is 5.26. The molecular weight excluding hydrogens is 359 g/mol. The van der Waals surface area contributed by atoms with Crippen LogP contribution in [0.1, 0.15) is 57.9 Å². The lowest BCUT2D eigenvalue weighted by molar-refractivity contribution is -0.141. The molecule has 0 heterocycles. The number of benzene rings is 1. The minimum Gasteiger partial charge on any atom is -0.352 e. The first-order chi connectivity index (χ1) is 12.0. The summed E-state index contributed by atoms with van der Waals surface area (Å²) < 4.78 is 0. The molecule has 1 aliphatic rings. The van der Waals surface area contributed by atoms with Crippen LogP contribution < -0.4 is 5.32 Å². The zero-order valence-electron chi connectivity index (χ0n) is 14.9.